The highest BCUT2D eigenvalue weighted by Crippen LogP contribution is 2.13. The molecule has 0 spiro atoms. The molecule has 10 nitrogen and oxygen atoms in total. The Kier molecular flexibility index (Phi) is 9.37. The molecular weight excluding hydrogens is 446 g/mol. The van der Waals surface area contributed by atoms with E-state index in [1.54, 1.807) is 42.5 Å². The zero-order chi connectivity index (χ0) is 24.4. The highest BCUT2D eigenvalue weighted by atomic mass is 32.2. The second-order valence-electron chi connectivity index (χ2n) is 7.52. The van der Waals surface area contributed by atoms with E-state index in [1.165, 1.54) is 12.1 Å². The van der Waals surface area contributed by atoms with Crippen LogP contribution in [-0.4, -0.2) is 50.0 Å². The first-order valence-corrected chi connectivity index (χ1v) is 11.8. The van der Waals surface area contributed by atoms with Crippen LogP contribution >= 0.6 is 0 Å². The van der Waals surface area contributed by atoms with Crippen molar-refractivity contribution in [1.29, 1.82) is 0 Å². The zero-order valence-corrected chi connectivity index (χ0v) is 19.1. The van der Waals surface area contributed by atoms with Gasteiger partial charge in [0.15, 0.2) is 5.96 Å². The van der Waals surface area contributed by atoms with E-state index in [0.717, 1.165) is 5.56 Å². The minimum atomic E-state index is -4.03. The summed E-state index contributed by atoms with van der Waals surface area (Å²) in [4.78, 5) is 28.4. The minimum Gasteiger partial charge on any atom is -0.480 e. The third-order valence-electron chi connectivity index (χ3n) is 4.79. The average Bonchev–Trinajstić information content (AvgIpc) is 2.75. The predicted molar refractivity (Wildman–Crippen MR) is 125 cm³/mol. The molecule has 33 heavy (non-hydrogen) atoms. The molecule has 0 aliphatic carbocycles. The maximum atomic E-state index is 13.0. The van der Waals surface area contributed by atoms with Gasteiger partial charge in [-0.05, 0) is 43.9 Å². The quantitative estimate of drug-likeness (QED) is 0.169. The van der Waals surface area contributed by atoms with Crippen LogP contribution in [0.15, 0.2) is 64.5 Å². The van der Waals surface area contributed by atoms with E-state index in [0.29, 0.717) is 12.0 Å². The molecular formula is C22H29N5O5S. The van der Waals surface area contributed by atoms with Crippen LogP contribution in [-0.2, 0) is 26.0 Å². The van der Waals surface area contributed by atoms with Crippen molar-refractivity contribution in [3.05, 3.63) is 65.7 Å². The first kappa shape index (κ1) is 25.8. The highest BCUT2D eigenvalue weighted by molar-refractivity contribution is 7.89. The molecule has 7 N–H and O–H groups in total. The molecule has 0 saturated heterocycles. The lowest BCUT2D eigenvalue weighted by molar-refractivity contribution is -0.142. The van der Waals surface area contributed by atoms with E-state index in [9.17, 15) is 23.1 Å². The highest BCUT2D eigenvalue weighted by Gasteiger charge is 2.29. The fourth-order valence-corrected chi connectivity index (χ4v) is 4.24. The van der Waals surface area contributed by atoms with Gasteiger partial charge >= 0.3 is 5.97 Å². The first-order chi connectivity index (χ1) is 15.6. The molecule has 2 aromatic rings. The van der Waals surface area contributed by atoms with Crippen LogP contribution in [0.4, 0.5) is 0 Å². The summed E-state index contributed by atoms with van der Waals surface area (Å²) >= 11 is 0. The van der Waals surface area contributed by atoms with Crippen LogP contribution in [0.1, 0.15) is 24.0 Å². The fourth-order valence-electron chi connectivity index (χ4n) is 3.04. The van der Waals surface area contributed by atoms with Gasteiger partial charge in [0.2, 0.25) is 15.9 Å². The summed E-state index contributed by atoms with van der Waals surface area (Å²) in [6.07, 6.45) is 0.423. The van der Waals surface area contributed by atoms with Crippen molar-refractivity contribution in [2.24, 2.45) is 16.5 Å². The van der Waals surface area contributed by atoms with Crippen LogP contribution in [0.2, 0.25) is 0 Å². The van der Waals surface area contributed by atoms with E-state index >= 15 is 0 Å². The maximum absolute atomic E-state index is 13.0. The van der Waals surface area contributed by atoms with Crippen molar-refractivity contribution in [2.45, 2.75) is 43.2 Å². The zero-order valence-electron chi connectivity index (χ0n) is 18.3. The lowest BCUT2D eigenvalue weighted by atomic mass is 10.1. The minimum absolute atomic E-state index is 0.00554. The van der Waals surface area contributed by atoms with Gasteiger partial charge in [0.05, 0.1) is 4.90 Å². The number of carbonyl (C=O) groups is 2. The Morgan fingerprint density at radius 3 is 2.24 bits per heavy atom. The van der Waals surface area contributed by atoms with Gasteiger partial charge in [-0.3, -0.25) is 9.79 Å². The van der Waals surface area contributed by atoms with Gasteiger partial charge in [-0.15, -0.1) is 0 Å². The molecule has 11 heteroatoms. The Morgan fingerprint density at radius 1 is 1.03 bits per heavy atom. The van der Waals surface area contributed by atoms with Crippen LogP contribution in [0.25, 0.3) is 0 Å². The number of carboxylic acids is 1. The molecule has 178 valence electrons. The van der Waals surface area contributed by atoms with Gasteiger partial charge < -0.3 is 21.9 Å². The number of benzene rings is 2. The average molecular weight is 476 g/mol. The molecule has 0 radical (unpaired) electrons. The van der Waals surface area contributed by atoms with Crippen molar-refractivity contribution < 1.29 is 23.1 Å². The van der Waals surface area contributed by atoms with E-state index < -0.39 is 34.0 Å². The number of nitrogens with zero attached hydrogens (tertiary/aromatic N) is 1. The number of carboxylic acid groups (broad SMARTS) is 1. The predicted octanol–water partition coefficient (Wildman–Crippen LogP) is 0.508. The Morgan fingerprint density at radius 2 is 1.67 bits per heavy atom. The Hall–Kier alpha value is -3.44. The van der Waals surface area contributed by atoms with E-state index in [-0.39, 0.29) is 30.2 Å². The molecule has 0 aliphatic rings. The lowest BCUT2D eigenvalue weighted by Crippen LogP contribution is -2.52. The number of nitrogens with two attached hydrogens (primary N) is 2. The third kappa shape index (κ3) is 8.54. The molecule has 0 saturated carbocycles. The van der Waals surface area contributed by atoms with Crippen LogP contribution < -0.4 is 21.5 Å². The number of rotatable bonds is 12. The largest absolute Gasteiger partial charge is 0.480 e. The number of hydrogen-bond acceptors (Lipinski definition) is 5. The Balaban J connectivity index is 2.20. The molecule has 0 bridgehead atoms. The van der Waals surface area contributed by atoms with Crippen LogP contribution in [0, 0.1) is 6.92 Å². The summed E-state index contributed by atoms with van der Waals surface area (Å²) in [5.41, 5.74) is 12.1. The van der Waals surface area contributed by atoms with Crippen molar-refractivity contribution in [3.63, 3.8) is 0 Å². The summed E-state index contributed by atoms with van der Waals surface area (Å²) in [5.74, 6) is -2.10. The number of aryl methyl sites for hydroxylation is 1. The van der Waals surface area contributed by atoms with Gasteiger partial charge in [0.1, 0.15) is 12.1 Å². The topological polar surface area (TPSA) is 177 Å². The molecule has 2 aromatic carbocycles. The van der Waals surface area contributed by atoms with Crippen LogP contribution in [0.5, 0.6) is 0 Å². The summed E-state index contributed by atoms with van der Waals surface area (Å²) in [5, 5.41) is 11.9. The summed E-state index contributed by atoms with van der Waals surface area (Å²) in [6.45, 7) is 2.03. The molecule has 0 heterocycles. The molecule has 0 aliphatic heterocycles. The number of amides is 1. The molecule has 2 rings (SSSR count). The lowest BCUT2D eigenvalue weighted by Gasteiger charge is -2.21. The summed E-state index contributed by atoms with van der Waals surface area (Å²) in [7, 11) is -4.03. The SMILES string of the molecule is Cc1ccc(S(=O)(=O)N[C@H](Cc2ccccc2)C(=O)N[C@@H](CCCN=C(N)N)C(=O)O)cc1. The number of hydrogen-bond donors (Lipinski definition) is 5. The van der Waals surface area contributed by atoms with Gasteiger partial charge in [-0.1, -0.05) is 48.0 Å². The molecule has 0 unspecified atom stereocenters. The number of aliphatic carboxylic acids is 1. The molecule has 0 aromatic heterocycles. The Labute approximate surface area is 193 Å². The molecule has 2 atom stereocenters. The standard InChI is InChI=1S/C22H29N5O5S/c1-15-9-11-17(12-10-15)33(31,32)27-19(14-16-6-3-2-4-7-16)20(28)26-18(21(29)30)8-5-13-25-22(23)24/h2-4,6-7,9-12,18-19,27H,5,8,13-14H2,1H3,(H,26,28)(H,29,30)(H4,23,24,25)/t18-,19+/m0/s1. The van der Waals surface area contributed by atoms with Gasteiger partial charge in [0, 0.05) is 6.54 Å². The van der Waals surface area contributed by atoms with Gasteiger partial charge in [-0.2, -0.15) is 4.72 Å². The molecule has 1 amide bonds. The number of aliphatic imine (C=N–C) groups is 1. The van der Waals surface area contributed by atoms with Crippen molar-refractivity contribution in [2.75, 3.05) is 6.54 Å². The van der Waals surface area contributed by atoms with E-state index in [4.69, 9.17) is 11.5 Å². The monoisotopic (exact) mass is 475 g/mol. The number of carbonyl (C=O) groups excluding carboxylic acids is 1. The first-order valence-electron chi connectivity index (χ1n) is 10.3. The van der Waals surface area contributed by atoms with Gasteiger partial charge in [0.25, 0.3) is 0 Å². The number of guanidine groups is 1. The van der Waals surface area contributed by atoms with Crippen LogP contribution in [0.3, 0.4) is 0 Å². The second-order valence-corrected chi connectivity index (χ2v) is 9.24. The number of sulfonamides is 1. The normalized spacial score (nSPS) is 13.0. The molecule has 0 fully saturated rings. The Bertz CT molecular complexity index is 1070. The fraction of sp³-hybridized carbons (Fsp3) is 0.318. The van der Waals surface area contributed by atoms with Crippen molar-refractivity contribution in [1.82, 2.24) is 10.0 Å². The number of nitrogens with one attached hydrogen (secondary N) is 2. The van der Waals surface area contributed by atoms with E-state index in [1.807, 2.05) is 6.92 Å². The van der Waals surface area contributed by atoms with Gasteiger partial charge in [-0.25, -0.2) is 13.2 Å². The van der Waals surface area contributed by atoms with Crippen molar-refractivity contribution >= 4 is 27.9 Å². The smallest absolute Gasteiger partial charge is 0.326 e. The third-order valence-corrected chi connectivity index (χ3v) is 6.28. The second kappa shape index (κ2) is 12.0. The maximum Gasteiger partial charge on any atom is 0.326 e. The van der Waals surface area contributed by atoms with Crippen molar-refractivity contribution in [3.8, 4) is 0 Å². The summed E-state index contributed by atoms with van der Waals surface area (Å²) in [6, 6.07) is 12.6. The summed E-state index contributed by atoms with van der Waals surface area (Å²) < 4.78 is 28.2. The van der Waals surface area contributed by atoms with E-state index in [2.05, 4.69) is 15.0 Å².